The third kappa shape index (κ3) is 5.71. The molecule has 2 rings (SSSR count). The zero-order chi connectivity index (χ0) is 18.8. The predicted octanol–water partition coefficient (Wildman–Crippen LogP) is 4.09. The summed E-state index contributed by atoms with van der Waals surface area (Å²) >= 11 is 0. The van der Waals surface area contributed by atoms with Crippen molar-refractivity contribution in [3.05, 3.63) is 24.3 Å². The molecule has 1 aromatic carbocycles. The summed E-state index contributed by atoms with van der Waals surface area (Å²) in [6, 6.07) is 7.60. The number of ether oxygens (including phenoxy) is 2. The SMILES string of the molecule is CCN(CC)CCOc1ccc(NC(=O)C2(OC)CCCCCC2)cc1. The molecule has 0 radical (unpaired) electrons. The summed E-state index contributed by atoms with van der Waals surface area (Å²) in [4.78, 5) is 15.1. The number of amides is 1. The number of methoxy groups -OCH3 is 1. The summed E-state index contributed by atoms with van der Waals surface area (Å²) in [5, 5.41) is 3.02. The van der Waals surface area contributed by atoms with Gasteiger partial charge in [-0.3, -0.25) is 4.79 Å². The van der Waals surface area contributed by atoms with E-state index in [4.69, 9.17) is 9.47 Å². The Morgan fingerprint density at radius 3 is 2.23 bits per heavy atom. The van der Waals surface area contributed by atoms with Gasteiger partial charge in [-0.05, 0) is 50.2 Å². The lowest BCUT2D eigenvalue weighted by Crippen LogP contribution is -2.44. The summed E-state index contributed by atoms with van der Waals surface area (Å²) in [7, 11) is 1.65. The van der Waals surface area contributed by atoms with Crippen molar-refractivity contribution in [3.63, 3.8) is 0 Å². The van der Waals surface area contributed by atoms with Crippen molar-refractivity contribution < 1.29 is 14.3 Å². The molecule has 5 nitrogen and oxygen atoms in total. The van der Waals surface area contributed by atoms with Gasteiger partial charge in [0.1, 0.15) is 18.0 Å². The van der Waals surface area contributed by atoms with Gasteiger partial charge in [0.25, 0.3) is 5.91 Å². The molecule has 26 heavy (non-hydrogen) atoms. The summed E-state index contributed by atoms with van der Waals surface area (Å²) in [5.41, 5.74) is 0.0990. The van der Waals surface area contributed by atoms with Crippen LogP contribution < -0.4 is 10.1 Å². The first-order valence-corrected chi connectivity index (χ1v) is 9.95. The van der Waals surface area contributed by atoms with Gasteiger partial charge >= 0.3 is 0 Å². The highest BCUT2D eigenvalue weighted by molar-refractivity contribution is 5.97. The van der Waals surface area contributed by atoms with Crippen LogP contribution in [0.2, 0.25) is 0 Å². The van der Waals surface area contributed by atoms with Crippen molar-refractivity contribution in [3.8, 4) is 5.75 Å². The van der Waals surface area contributed by atoms with Gasteiger partial charge in [-0.25, -0.2) is 0 Å². The van der Waals surface area contributed by atoms with Crippen molar-refractivity contribution in [2.75, 3.05) is 38.7 Å². The van der Waals surface area contributed by atoms with Gasteiger partial charge in [-0.1, -0.05) is 39.5 Å². The second kappa shape index (κ2) is 10.5. The van der Waals surface area contributed by atoms with E-state index in [9.17, 15) is 4.79 Å². The largest absolute Gasteiger partial charge is 0.492 e. The molecule has 1 aromatic rings. The lowest BCUT2D eigenvalue weighted by molar-refractivity contribution is -0.139. The molecule has 146 valence electrons. The molecule has 0 bridgehead atoms. The van der Waals surface area contributed by atoms with E-state index >= 15 is 0 Å². The molecule has 0 aliphatic heterocycles. The minimum Gasteiger partial charge on any atom is -0.492 e. The van der Waals surface area contributed by atoms with E-state index in [1.54, 1.807) is 7.11 Å². The van der Waals surface area contributed by atoms with Crippen LogP contribution in [0.3, 0.4) is 0 Å². The Morgan fingerprint density at radius 1 is 1.08 bits per heavy atom. The summed E-state index contributed by atoms with van der Waals surface area (Å²) in [6.45, 7) is 7.96. The minimum atomic E-state index is -0.685. The Morgan fingerprint density at radius 2 is 1.69 bits per heavy atom. The van der Waals surface area contributed by atoms with Gasteiger partial charge in [-0.2, -0.15) is 0 Å². The fraction of sp³-hybridized carbons (Fsp3) is 0.667. The maximum Gasteiger partial charge on any atom is 0.256 e. The number of rotatable bonds is 9. The molecule has 1 aliphatic rings. The molecule has 0 spiro atoms. The Labute approximate surface area is 158 Å². The summed E-state index contributed by atoms with van der Waals surface area (Å²) in [5.74, 6) is 0.795. The molecular weight excluding hydrogens is 328 g/mol. The van der Waals surface area contributed by atoms with Gasteiger partial charge in [-0.15, -0.1) is 0 Å². The van der Waals surface area contributed by atoms with E-state index in [1.165, 1.54) is 12.8 Å². The molecule has 0 heterocycles. The maximum atomic E-state index is 12.8. The lowest BCUT2D eigenvalue weighted by atomic mass is 9.93. The number of carbonyl (C=O) groups is 1. The van der Waals surface area contributed by atoms with E-state index in [-0.39, 0.29) is 5.91 Å². The molecular formula is C21H34N2O3. The molecule has 0 aromatic heterocycles. The monoisotopic (exact) mass is 362 g/mol. The minimum absolute atomic E-state index is 0.0305. The van der Waals surface area contributed by atoms with Gasteiger partial charge in [0, 0.05) is 19.3 Å². The highest BCUT2D eigenvalue weighted by Crippen LogP contribution is 2.31. The van der Waals surface area contributed by atoms with E-state index < -0.39 is 5.60 Å². The van der Waals surface area contributed by atoms with Crippen LogP contribution in [0.4, 0.5) is 5.69 Å². The lowest BCUT2D eigenvalue weighted by Gasteiger charge is -2.29. The standard InChI is InChI=1S/C21H34N2O3/c1-4-23(5-2)16-17-26-19-12-10-18(11-13-19)22-20(24)21(25-3)14-8-6-7-9-15-21/h10-13H,4-9,14-17H2,1-3H3,(H,22,24). The molecule has 0 atom stereocenters. The van der Waals surface area contributed by atoms with Gasteiger partial charge in [0.2, 0.25) is 0 Å². The van der Waals surface area contributed by atoms with Crippen LogP contribution in [-0.4, -0.2) is 49.8 Å². The molecule has 1 saturated carbocycles. The van der Waals surface area contributed by atoms with E-state index in [1.807, 2.05) is 24.3 Å². The first kappa shape index (κ1) is 20.7. The van der Waals surface area contributed by atoms with Crippen LogP contribution in [0.5, 0.6) is 5.75 Å². The third-order valence-electron chi connectivity index (χ3n) is 5.40. The molecule has 0 unspecified atom stereocenters. The average molecular weight is 363 g/mol. The van der Waals surface area contributed by atoms with Gasteiger partial charge < -0.3 is 19.7 Å². The quantitative estimate of drug-likeness (QED) is 0.673. The van der Waals surface area contributed by atoms with E-state index in [0.717, 1.165) is 56.8 Å². The van der Waals surface area contributed by atoms with Crippen molar-refractivity contribution in [2.24, 2.45) is 0 Å². The number of carbonyl (C=O) groups excluding carboxylic acids is 1. The Bertz CT molecular complexity index is 533. The second-order valence-corrected chi connectivity index (χ2v) is 6.97. The van der Waals surface area contributed by atoms with Crippen molar-refractivity contribution in [1.82, 2.24) is 4.90 Å². The zero-order valence-electron chi connectivity index (χ0n) is 16.6. The van der Waals surface area contributed by atoms with Crippen molar-refractivity contribution in [2.45, 2.75) is 58.0 Å². The predicted molar refractivity (Wildman–Crippen MR) is 106 cm³/mol. The molecule has 5 heteroatoms. The highest BCUT2D eigenvalue weighted by Gasteiger charge is 2.38. The zero-order valence-corrected chi connectivity index (χ0v) is 16.6. The Kier molecular flexibility index (Phi) is 8.39. The average Bonchev–Trinajstić information content (AvgIpc) is 2.93. The van der Waals surface area contributed by atoms with E-state index in [0.29, 0.717) is 6.61 Å². The fourth-order valence-electron chi connectivity index (χ4n) is 3.54. The van der Waals surface area contributed by atoms with Gasteiger partial charge in [0.15, 0.2) is 0 Å². The Hall–Kier alpha value is -1.59. The Balaban J connectivity index is 1.88. The fourth-order valence-corrected chi connectivity index (χ4v) is 3.54. The summed E-state index contributed by atoms with van der Waals surface area (Å²) < 4.78 is 11.5. The van der Waals surface area contributed by atoms with Crippen LogP contribution in [0.25, 0.3) is 0 Å². The number of hydrogen-bond acceptors (Lipinski definition) is 4. The highest BCUT2D eigenvalue weighted by atomic mass is 16.5. The number of hydrogen-bond donors (Lipinski definition) is 1. The van der Waals surface area contributed by atoms with Crippen molar-refractivity contribution >= 4 is 11.6 Å². The number of nitrogens with one attached hydrogen (secondary N) is 1. The molecule has 1 aliphatic carbocycles. The van der Waals surface area contributed by atoms with Crippen molar-refractivity contribution in [1.29, 1.82) is 0 Å². The third-order valence-corrected chi connectivity index (χ3v) is 5.40. The van der Waals surface area contributed by atoms with Crippen LogP contribution in [0.1, 0.15) is 52.4 Å². The van der Waals surface area contributed by atoms with Crippen LogP contribution in [-0.2, 0) is 9.53 Å². The maximum absolute atomic E-state index is 12.8. The topological polar surface area (TPSA) is 50.8 Å². The molecule has 1 fully saturated rings. The first-order valence-electron chi connectivity index (χ1n) is 9.95. The first-order chi connectivity index (χ1) is 12.6. The smallest absolute Gasteiger partial charge is 0.256 e. The van der Waals surface area contributed by atoms with Crippen LogP contribution >= 0.6 is 0 Å². The summed E-state index contributed by atoms with van der Waals surface area (Å²) in [6.07, 6.45) is 6.03. The van der Waals surface area contributed by atoms with Crippen LogP contribution in [0.15, 0.2) is 24.3 Å². The molecule has 1 N–H and O–H groups in total. The molecule has 1 amide bonds. The number of benzene rings is 1. The van der Waals surface area contributed by atoms with E-state index in [2.05, 4.69) is 24.1 Å². The number of anilines is 1. The normalized spacial score (nSPS) is 16.9. The van der Waals surface area contributed by atoms with Crippen LogP contribution in [0, 0.1) is 0 Å². The van der Waals surface area contributed by atoms with Gasteiger partial charge in [0.05, 0.1) is 0 Å². The number of nitrogens with zero attached hydrogens (tertiary/aromatic N) is 1. The second-order valence-electron chi connectivity index (χ2n) is 6.97. The molecule has 0 saturated heterocycles. The number of likely N-dealkylation sites (N-methyl/N-ethyl adjacent to an activating group) is 1.